The zero-order valence-electron chi connectivity index (χ0n) is 17.4. The Bertz CT molecular complexity index is 656. The molecule has 1 N–H and O–H groups in total. The van der Waals surface area contributed by atoms with Crippen LogP contribution in [0.3, 0.4) is 0 Å². The molecule has 0 saturated carbocycles. The molecule has 1 aromatic rings. The quantitative estimate of drug-likeness (QED) is 0.722. The summed E-state index contributed by atoms with van der Waals surface area (Å²) in [6.07, 6.45) is 1.24. The van der Waals surface area contributed by atoms with Crippen molar-refractivity contribution in [3.63, 3.8) is 0 Å². The number of aryl methyl sites for hydroxylation is 1. The summed E-state index contributed by atoms with van der Waals surface area (Å²) in [6.45, 7) is 10.4. The van der Waals surface area contributed by atoms with Crippen LogP contribution in [0.5, 0.6) is 0 Å². The van der Waals surface area contributed by atoms with E-state index in [9.17, 15) is 9.59 Å². The van der Waals surface area contributed by atoms with Gasteiger partial charge in [-0.2, -0.15) is 0 Å². The maximum Gasteiger partial charge on any atom is 0.229 e. The summed E-state index contributed by atoms with van der Waals surface area (Å²) in [4.78, 5) is 31.1. The smallest absolute Gasteiger partial charge is 0.229 e. The van der Waals surface area contributed by atoms with E-state index in [1.54, 1.807) is 0 Å². The highest BCUT2D eigenvalue weighted by Crippen LogP contribution is 2.25. The van der Waals surface area contributed by atoms with Crippen molar-refractivity contribution in [2.75, 3.05) is 57.0 Å². The number of carbonyl (C=O) groups is 2. The van der Waals surface area contributed by atoms with Crippen molar-refractivity contribution >= 4 is 23.2 Å². The Morgan fingerprint density at radius 2 is 1.96 bits per heavy atom. The van der Waals surface area contributed by atoms with Crippen LogP contribution in [0.1, 0.15) is 32.3 Å². The Kier molecular flexibility index (Phi) is 7.66. The lowest BCUT2D eigenvalue weighted by atomic mass is 10.1. The van der Waals surface area contributed by atoms with Crippen molar-refractivity contribution < 1.29 is 9.59 Å². The van der Waals surface area contributed by atoms with Crippen LogP contribution in [-0.2, 0) is 9.59 Å². The van der Waals surface area contributed by atoms with Gasteiger partial charge >= 0.3 is 0 Å². The lowest BCUT2D eigenvalue weighted by molar-refractivity contribution is -0.128. The fraction of sp³-hybridized carbons (Fsp3) is 0.619. The number of hydrogen-bond donors (Lipinski definition) is 1. The maximum atomic E-state index is 12.7. The standard InChI is InChI=1S/C21H34N4O2/c1-6-24(7-2)18-9-10-19(16(3)13-18)22-21(27)17-14-20(26)25(15-17)12-8-11-23(4)5/h9-10,13,17H,6-8,11-12,14-15H2,1-5H3,(H,22,27). The van der Waals surface area contributed by atoms with Gasteiger partial charge in [-0.15, -0.1) is 0 Å². The summed E-state index contributed by atoms with van der Waals surface area (Å²) in [5.74, 6) is -0.238. The van der Waals surface area contributed by atoms with Crippen LogP contribution in [-0.4, -0.2) is 68.4 Å². The lowest BCUT2D eigenvalue weighted by Gasteiger charge is -2.22. The summed E-state index contributed by atoms with van der Waals surface area (Å²) >= 11 is 0. The number of benzene rings is 1. The molecule has 1 aromatic carbocycles. The predicted molar refractivity (Wildman–Crippen MR) is 111 cm³/mol. The van der Waals surface area contributed by atoms with E-state index in [4.69, 9.17) is 0 Å². The molecular weight excluding hydrogens is 340 g/mol. The molecule has 2 amide bonds. The highest BCUT2D eigenvalue weighted by Gasteiger charge is 2.34. The monoisotopic (exact) mass is 374 g/mol. The molecule has 0 radical (unpaired) electrons. The van der Waals surface area contributed by atoms with E-state index in [0.29, 0.717) is 13.0 Å². The first kappa shape index (κ1) is 21.2. The summed E-state index contributed by atoms with van der Waals surface area (Å²) in [7, 11) is 4.05. The van der Waals surface area contributed by atoms with Gasteiger partial charge < -0.3 is 20.0 Å². The van der Waals surface area contributed by atoms with Crippen molar-refractivity contribution in [3.8, 4) is 0 Å². The molecule has 1 aliphatic rings. The fourth-order valence-electron chi connectivity index (χ4n) is 3.55. The van der Waals surface area contributed by atoms with Crippen molar-refractivity contribution in [2.45, 2.75) is 33.6 Å². The molecule has 6 nitrogen and oxygen atoms in total. The maximum absolute atomic E-state index is 12.7. The number of anilines is 2. The second kappa shape index (κ2) is 9.74. The minimum Gasteiger partial charge on any atom is -0.372 e. The molecule has 1 heterocycles. The van der Waals surface area contributed by atoms with Gasteiger partial charge in [0.2, 0.25) is 11.8 Å². The molecule has 27 heavy (non-hydrogen) atoms. The Morgan fingerprint density at radius 1 is 1.26 bits per heavy atom. The van der Waals surface area contributed by atoms with E-state index in [1.807, 2.05) is 38.1 Å². The summed E-state index contributed by atoms with van der Waals surface area (Å²) in [6, 6.07) is 6.12. The molecule has 150 valence electrons. The van der Waals surface area contributed by atoms with Gasteiger partial charge in [0.15, 0.2) is 0 Å². The van der Waals surface area contributed by atoms with Crippen molar-refractivity contribution in [1.82, 2.24) is 9.80 Å². The minimum atomic E-state index is -0.265. The number of nitrogens with zero attached hydrogens (tertiary/aromatic N) is 3. The molecule has 1 aliphatic heterocycles. The molecule has 0 bridgehead atoms. The SMILES string of the molecule is CCN(CC)c1ccc(NC(=O)C2CC(=O)N(CCCN(C)C)C2)c(C)c1. The van der Waals surface area contributed by atoms with E-state index in [1.165, 1.54) is 5.69 Å². The topological polar surface area (TPSA) is 55.9 Å². The third-order valence-electron chi connectivity index (χ3n) is 5.22. The molecule has 0 aromatic heterocycles. The highest BCUT2D eigenvalue weighted by atomic mass is 16.2. The third-order valence-corrected chi connectivity index (χ3v) is 5.22. The van der Waals surface area contributed by atoms with E-state index in [0.717, 1.165) is 43.9 Å². The Hall–Kier alpha value is -2.08. The average molecular weight is 375 g/mol. The first-order valence-electron chi connectivity index (χ1n) is 9.94. The van der Waals surface area contributed by atoms with Gasteiger partial charge in [0.1, 0.15) is 0 Å². The zero-order chi connectivity index (χ0) is 20.0. The third kappa shape index (κ3) is 5.70. The van der Waals surface area contributed by atoms with Crippen LogP contribution in [0.25, 0.3) is 0 Å². The molecule has 0 spiro atoms. The van der Waals surface area contributed by atoms with Gasteiger partial charge in [-0.25, -0.2) is 0 Å². The van der Waals surface area contributed by atoms with Crippen LogP contribution in [0.2, 0.25) is 0 Å². The first-order valence-corrected chi connectivity index (χ1v) is 9.94. The van der Waals surface area contributed by atoms with Gasteiger partial charge in [-0.3, -0.25) is 9.59 Å². The van der Waals surface area contributed by atoms with E-state index >= 15 is 0 Å². The normalized spacial score (nSPS) is 16.9. The Labute approximate surface area is 163 Å². The molecule has 0 aliphatic carbocycles. The summed E-state index contributed by atoms with van der Waals surface area (Å²) in [5, 5.41) is 3.03. The Morgan fingerprint density at radius 3 is 2.56 bits per heavy atom. The fourth-order valence-corrected chi connectivity index (χ4v) is 3.55. The van der Waals surface area contributed by atoms with Gasteiger partial charge in [-0.1, -0.05) is 0 Å². The molecule has 1 fully saturated rings. The molecule has 6 heteroatoms. The Balaban J connectivity index is 1.94. The summed E-state index contributed by atoms with van der Waals surface area (Å²) in [5.41, 5.74) is 3.04. The second-order valence-corrected chi connectivity index (χ2v) is 7.56. The highest BCUT2D eigenvalue weighted by molar-refractivity contribution is 5.97. The molecular formula is C21H34N4O2. The van der Waals surface area contributed by atoms with E-state index in [2.05, 4.69) is 35.0 Å². The number of likely N-dealkylation sites (tertiary alicyclic amines) is 1. The average Bonchev–Trinajstić information content (AvgIpc) is 2.99. The van der Waals surface area contributed by atoms with Crippen LogP contribution < -0.4 is 10.2 Å². The minimum absolute atomic E-state index is 0.0582. The first-order chi connectivity index (χ1) is 12.8. The van der Waals surface area contributed by atoms with Gasteiger partial charge in [-0.05, 0) is 71.6 Å². The van der Waals surface area contributed by atoms with E-state index < -0.39 is 0 Å². The van der Waals surface area contributed by atoms with Gasteiger partial charge in [0.25, 0.3) is 0 Å². The summed E-state index contributed by atoms with van der Waals surface area (Å²) < 4.78 is 0. The molecule has 1 saturated heterocycles. The van der Waals surface area contributed by atoms with Crippen LogP contribution in [0, 0.1) is 12.8 Å². The van der Waals surface area contributed by atoms with Crippen LogP contribution >= 0.6 is 0 Å². The second-order valence-electron chi connectivity index (χ2n) is 7.56. The number of carbonyl (C=O) groups excluding carboxylic acids is 2. The largest absolute Gasteiger partial charge is 0.372 e. The van der Waals surface area contributed by atoms with Crippen molar-refractivity contribution in [1.29, 1.82) is 0 Å². The predicted octanol–water partition coefficient (Wildman–Crippen LogP) is 2.58. The molecule has 1 atom stereocenters. The number of rotatable bonds is 9. The number of amides is 2. The van der Waals surface area contributed by atoms with Crippen LogP contribution in [0.4, 0.5) is 11.4 Å². The van der Waals surface area contributed by atoms with E-state index in [-0.39, 0.29) is 17.7 Å². The molecule has 2 rings (SSSR count). The van der Waals surface area contributed by atoms with Gasteiger partial charge in [0, 0.05) is 44.0 Å². The number of hydrogen-bond acceptors (Lipinski definition) is 4. The lowest BCUT2D eigenvalue weighted by Crippen LogP contribution is -2.30. The molecule has 1 unspecified atom stereocenters. The zero-order valence-corrected chi connectivity index (χ0v) is 17.4. The van der Waals surface area contributed by atoms with Gasteiger partial charge in [0.05, 0.1) is 5.92 Å². The van der Waals surface area contributed by atoms with Crippen molar-refractivity contribution in [2.24, 2.45) is 5.92 Å². The van der Waals surface area contributed by atoms with Crippen molar-refractivity contribution in [3.05, 3.63) is 23.8 Å². The van der Waals surface area contributed by atoms with Crippen LogP contribution in [0.15, 0.2) is 18.2 Å². The number of nitrogens with one attached hydrogen (secondary N) is 1.